The van der Waals surface area contributed by atoms with Gasteiger partial charge in [-0.15, -0.1) is 0 Å². The first-order valence-electron chi connectivity index (χ1n) is 8.00. The van der Waals surface area contributed by atoms with E-state index in [0.717, 1.165) is 13.1 Å². The molecule has 3 heteroatoms. The molecule has 3 nitrogen and oxygen atoms in total. The van der Waals surface area contributed by atoms with E-state index in [-0.39, 0.29) is 5.54 Å². The van der Waals surface area contributed by atoms with Crippen LogP contribution in [-0.4, -0.2) is 46.7 Å². The SMILES string of the molecule is CC=CN1CC[C@H](NC2C=CCN2C(C)(C)C)C[C@@H]1C. The van der Waals surface area contributed by atoms with Gasteiger partial charge in [-0.05, 0) is 53.7 Å². The number of nitrogens with zero attached hydrogens (tertiary/aromatic N) is 2. The van der Waals surface area contributed by atoms with E-state index in [9.17, 15) is 0 Å². The lowest BCUT2D eigenvalue weighted by molar-refractivity contribution is 0.0919. The third-order valence-electron chi connectivity index (χ3n) is 4.49. The molecular formula is C17H31N3. The maximum absolute atomic E-state index is 3.86. The summed E-state index contributed by atoms with van der Waals surface area (Å²) < 4.78 is 0. The Balaban J connectivity index is 1.90. The fraction of sp³-hybridized carbons (Fsp3) is 0.765. The highest BCUT2D eigenvalue weighted by Gasteiger charge is 2.32. The van der Waals surface area contributed by atoms with Gasteiger partial charge in [-0.3, -0.25) is 10.2 Å². The molecule has 0 amide bonds. The second-order valence-corrected chi connectivity index (χ2v) is 7.15. The van der Waals surface area contributed by atoms with Crippen molar-refractivity contribution in [3.05, 3.63) is 24.4 Å². The smallest absolute Gasteiger partial charge is 0.0799 e. The molecule has 0 aromatic carbocycles. The lowest BCUT2D eigenvalue weighted by Gasteiger charge is -2.42. The van der Waals surface area contributed by atoms with E-state index in [1.54, 1.807) is 0 Å². The van der Waals surface area contributed by atoms with E-state index in [0.29, 0.717) is 18.2 Å². The summed E-state index contributed by atoms with van der Waals surface area (Å²) in [4.78, 5) is 5.00. The van der Waals surface area contributed by atoms with Gasteiger partial charge in [-0.1, -0.05) is 18.2 Å². The molecule has 0 aromatic heterocycles. The average Bonchev–Trinajstić information content (AvgIpc) is 2.81. The van der Waals surface area contributed by atoms with Crippen LogP contribution in [0.5, 0.6) is 0 Å². The molecule has 114 valence electrons. The van der Waals surface area contributed by atoms with Gasteiger partial charge in [0.05, 0.1) is 6.17 Å². The van der Waals surface area contributed by atoms with Crippen LogP contribution in [0.4, 0.5) is 0 Å². The predicted octanol–water partition coefficient (Wildman–Crippen LogP) is 2.96. The molecule has 2 aliphatic rings. The van der Waals surface area contributed by atoms with Crippen LogP contribution < -0.4 is 5.32 Å². The Labute approximate surface area is 124 Å². The molecule has 3 atom stereocenters. The molecule has 2 aliphatic heterocycles. The van der Waals surface area contributed by atoms with Crippen molar-refractivity contribution in [2.75, 3.05) is 13.1 Å². The molecule has 1 unspecified atom stereocenters. The zero-order chi connectivity index (χ0) is 14.8. The van der Waals surface area contributed by atoms with Gasteiger partial charge in [0.15, 0.2) is 0 Å². The normalized spacial score (nSPS) is 32.5. The summed E-state index contributed by atoms with van der Waals surface area (Å²) in [7, 11) is 0. The minimum Gasteiger partial charge on any atom is -0.375 e. The molecule has 20 heavy (non-hydrogen) atoms. The van der Waals surface area contributed by atoms with Crippen LogP contribution in [0.15, 0.2) is 24.4 Å². The lowest BCUT2D eigenvalue weighted by Crippen LogP contribution is -2.56. The monoisotopic (exact) mass is 277 g/mol. The van der Waals surface area contributed by atoms with Crippen LogP contribution in [-0.2, 0) is 0 Å². The minimum atomic E-state index is 0.221. The summed E-state index contributed by atoms with van der Waals surface area (Å²) >= 11 is 0. The zero-order valence-electron chi connectivity index (χ0n) is 13.8. The third-order valence-corrected chi connectivity index (χ3v) is 4.49. The van der Waals surface area contributed by atoms with Crippen molar-refractivity contribution >= 4 is 0 Å². The molecule has 0 radical (unpaired) electrons. The lowest BCUT2D eigenvalue weighted by atomic mass is 9.98. The minimum absolute atomic E-state index is 0.221. The van der Waals surface area contributed by atoms with Crippen molar-refractivity contribution in [1.29, 1.82) is 0 Å². The standard InChI is InChI=1S/C17H31N3/c1-6-10-19-12-9-15(13-14(19)2)18-16-8-7-11-20(16)17(3,4)5/h6-8,10,14-16,18H,9,11-13H2,1-5H3/t14-,15-,16?/m0/s1. The van der Waals surface area contributed by atoms with Crippen LogP contribution in [0.25, 0.3) is 0 Å². The molecule has 0 aliphatic carbocycles. The molecule has 0 aromatic rings. The highest BCUT2D eigenvalue weighted by atomic mass is 15.3. The predicted molar refractivity (Wildman–Crippen MR) is 86.5 cm³/mol. The Morgan fingerprint density at radius 2 is 2.05 bits per heavy atom. The molecule has 1 fully saturated rings. The molecule has 0 bridgehead atoms. The van der Waals surface area contributed by atoms with E-state index < -0.39 is 0 Å². The molecule has 0 saturated carbocycles. The number of allylic oxidation sites excluding steroid dienone is 1. The molecule has 1 N–H and O–H groups in total. The Hall–Kier alpha value is -0.800. The topological polar surface area (TPSA) is 18.5 Å². The Morgan fingerprint density at radius 1 is 1.30 bits per heavy atom. The van der Waals surface area contributed by atoms with Gasteiger partial charge in [-0.2, -0.15) is 0 Å². The Morgan fingerprint density at radius 3 is 2.65 bits per heavy atom. The third kappa shape index (κ3) is 3.64. The quantitative estimate of drug-likeness (QED) is 0.800. The van der Waals surface area contributed by atoms with Crippen molar-refractivity contribution in [3.8, 4) is 0 Å². The Kier molecular flexibility index (Phi) is 4.92. The first-order chi connectivity index (χ1) is 9.41. The number of hydrogen-bond donors (Lipinski definition) is 1. The van der Waals surface area contributed by atoms with Gasteiger partial charge in [0.2, 0.25) is 0 Å². The largest absolute Gasteiger partial charge is 0.375 e. The van der Waals surface area contributed by atoms with Crippen molar-refractivity contribution in [2.45, 2.75) is 71.2 Å². The number of likely N-dealkylation sites (tertiary alicyclic amines) is 1. The molecular weight excluding hydrogens is 246 g/mol. The molecule has 2 heterocycles. The summed E-state index contributed by atoms with van der Waals surface area (Å²) in [5.74, 6) is 0. The maximum atomic E-state index is 3.86. The fourth-order valence-electron chi connectivity index (χ4n) is 3.35. The second-order valence-electron chi connectivity index (χ2n) is 7.15. The number of rotatable bonds is 3. The molecule has 2 rings (SSSR count). The van der Waals surface area contributed by atoms with E-state index >= 15 is 0 Å². The van der Waals surface area contributed by atoms with E-state index in [2.05, 4.69) is 74.2 Å². The highest BCUT2D eigenvalue weighted by Crippen LogP contribution is 2.23. The van der Waals surface area contributed by atoms with Crippen molar-refractivity contribution in [3.63, 3.8) is 0 Å². The summed E-state index contributed by atoms with van der Waals surface area (Å²) in [5.41, 5.74) is 0.221. The van der Waals surface area contributed by atoms with Crippen LogP contribution in [0.1, 0.15) is 47.5 Å². The first-order valence-corrected chi connectivity index (χ1v) is 8.00. The summed E-state index contributed by atoms with van der Waals surface area (Å²) in [6.45, 7) is 13.6. The van der Waals surface area contributed by atoms with Crippen LogP contribution >= 0.6 is 0 Å². The average molecular weight is 277 g/mol. The van der Waals surface area contributed by atoms with Gasteiger partial charge < -0.3 is 4.90 Å². The van der Waals surface area contributed by atoms with Gasteiger partial charge in [0, 0.05) is 30.7 Å². The van der Waals surface area contributed by atoms with Crippen molar-refractivity contribution in [2.24, 2.45) is 0 Å². The second kappa shape index (κ2) is 6.31. The van der Waals surface area contributed by atoms with Crippen LogP contribution in [0.2, 0.25) is 0 Å². The highest BCUT2D eigenvalue weighted by molar-refractivity contribution is 5.07. The van der Waals surface area contributed by atoms with Gasteiger partial charge in [-0.25, -0.2) is 0 Å². The van der Waals surface area contributed by atoms with Crippen molar-refractivity contribution in [1.82, 2.24) is 15.1 Å². The first kappa shape index (κ1) is 15.6. The van der Waals surface area contributed by atoms with Crippen LogP contribution in [0.3, 0.4) is 0 Å². The van der Waals surface area contributed by atoms with Gasteiger partial charge in [0.25, 0.3) is 0 Å². The summed E-state index contributed by atoms with van der Waals surface area (Å²) in [6, 6.07) is 1.26. The summed E-state index contributed by atoms with van der Waals surface area (Å²) in [6.07, 6.45) is 11.9. The van der Waals surface area contributed by atoms with Gasteiger partial charge in [0.1, 0.15) is 0 Å². The van der Waals surface area contributed by atoms with E-state index in [1.165, 1.54) is 12.8 Å². The number of hydrogen-bond acceptors (Lipinski definition) is 3. The van der Waals surface area contributed by atoms with E-state index in [1.807, 2.05) is 0 Å². The van der Waals surface area contributed by atoms with Gasteiger partial charge >= 0.3 is 0 Å². The Bertz CT molecular complexity index is 367. The maximum Gasteiger partial charge on any atom is 0.0799 e. The molecule has 1 saturated heterocycles. The molecule has 0 spiro atoms. The zero-order valence-corrected chi connectivity index (χ0v) is 13.8. The fourth-order valence-corrected chi connectivity index (χ4v) is 3.35. The summed E-state index contributed by atoms with van der Waals surface area (Å²) in [5, 5.41) is 3.86. The van der Waals surface area contributed by atoms with Crippen LogP contribution in [0, 0.1) is 0 Å². The number of nitrogens with one attached hydrogen (secondary N) is 1. The van der Waals surface area contributed by atoms with Crippen molar-refractivity contribution < 1.29 is 0 Å². The van der Waals surface area contributed by atoms with E-state index in [4.69, 9.17) is 0 Å². The number of piperidine rings is 1.